The SMILES string of the molecule is CS(=O)(=O)c1cc(Cl)cc(Nc2nc(NCC3CC3)nc(-c3cccc(C(F)(F)F)n3)n2)c1. The van der Waals surface area contributed by atoms with Crippen molar-refractivity contribution in [2.24, 2.45) is 5.92 Å². The second kappa shape index (κ2) is 8.75. The number of aromatic nitrogens is 4. The van der Waals surface area contributed by atoms with E-state index in [0.29, 0.717) is 12.5 Å². The maximum Gasteiger partial charge on any atom is 0.433 e. The van der Waals surface area contributed by atoms with E-state index in [1.54, 1.807) is 0 Å². The van der Waals surface area contributed by atoms with Crippen LogP contribution in [0.3, 0.4) is 0 Å². The Morgan fingerprint density at radius 3 is 2.45 bits per heavy atom. The molecule has 8 nitrogen and oxygen atoms in total. The Bertz CT molecular complexity index is 1300. The van der Waals surface area contributed by atoms with Crippen molar-refractivity contribution in [3.05, 3.63) is 47.1 Å². The van der Waals surface area contributed by atoms with E-state index < -0.39 is 21.7 Å². The molecule has 174 valence electrons. The van der Waals surface area contributed by atoms with Crippen molar-refractivity contribution in [1.29, 1.82) is 0 Å². The lowest BCUT2D eigenvalue weighted by Crippen LogP contribution is -2.12. The lowest BCUT2D eigenvalue weighted by Gasteiger charge is -2.12. The van der Waals surface area contributed by atoms with Crippen molar-refractivity contribution in [3.63, 3.8) is 0 Å². The molecule has 2 heterocycles. The smallest absolute Gasteiger partial charge is 0.354 e. The first-order valence-corrected chi connectivity index (χ1v) is 12.1. The van der Waals surface area contributed by atoms with Gasteiger partial charge in [0.1, 0.15) is 11.4 Å². The van der Waals surface area contributed by atoms with Crippen LogP contribution in [-0.4, -0.2) is 41.2 Å². The minimum atomic E-state index is -4.62. The average molecular weight is 499 g/mol. The number of nitrogens with one attached hydrogen (secondary N) is 2. The molecule has 33 heavy (non-hydrogen) atoms. The minimum Gasteiger partial charge on any atom is -0.354 e. The number of pyridine rings is 1. The Hall–Kier alpha value is -2.99. The average Bonchev–Trinajstić information content (AvgIpc) is 3.55. The van der Waals surface area contributed by atoms with Crippen LogP contribution in [0, 0.1) is 5.92 Å². The topological polar surface area (TPSA) is 110 Å². The summed E-state index contributed by atoms with van der Waals surface area (Å²) in [6, 6.07) is 7.56. The molecule has 1 aliphatic rings. The van der Waals surface area contributed by atoms with Gasteiger partial charge in [0.2, 0.25) is 11.9 Å². The summed E-state index contributed by atoms with van der Waals surface area (Å²) >= 11 is 6.05. The summed E-state index contributed by atoms with van der Waals surface area (Å²) < 4.78 is 63.2. The number of hydrogen-bond donors (Lipinski definition) is 2. The maximum absolute atomic E-state index is 13.1. The van der Waals surface area contributed by atoms with E-state index in [9.17, 15) is 21.6 Å². The van der Waals surface area contributed by atoms with Crippen LogP contribution in [0.4, 0.5) is 30.8 Å². The molecule has 2 N–H and O–H groups in total. The van der Waals surface area contributed by atoms with Crippen LogP contribution in [-0.2, 0) is 16.0 Å². The van der Waals surface area contributed by atoms with E-state index in [2.05, 4.69) is 30.6 Å². The molecule has 0 unspecified atom stereocenters. The zero-order chi connectivity index (χ0) is 23.8. The van der Waals surface area contributed by atoms with Gasteiger partial charge in [-0.25, -0.2) is 13.4 Å². The van der Waals surface area contributed by atoms with Crippen LogP contribution >= 0.6 is 11.6 Å². The maximum atomic E-state index is 13.1. The zero-order valence-corrected chi connectivity index (χ0v) is 18.8. The van der Waals surface area contributed by atoms with E-state index in [4.69, 9.17) is 11.6 Å². The van der Waals surface area contributed by atoms with Crippen molar-refractivity contribution in [2.75, 3.05) is 23.4 Å². The molecule has 0 radical (unpaired) electrons. The highest BCUT2D eigenvalue weighted by Gasteiger charge is 2.32. The molecule has 0 bridgehead atoms. The monoisotopic (exact) mass is 498 g/mol. The normalized spacial score (nSPS) is 14.2. The number of halogens is 4. The Morgan fingerprint density at radius 2 is 1.79 bits per heavy atom. The molecule has 4 rings (SSSR count). The zero-order valence-electron chi connectivity index (χ0n) is 17.2. The van der Waals surface area contributed by atoms with Gasteiger partial charge in [-0.1, -0.05) is 17.7 Å². The largest absolute Gasteiger partial charge is 0.433 e. The third kappa shape index (κ3) is 6.08. The van der Waals surface area contributed by atoms with Gasteiger partial charge in [-0.15, -0.1) is 0 Å². The second-order valence-electron chi connectivity index (χ2n) is 7.61. The summed E-state index contributed by atoms with van der Waals surface area (Å²) in [5, 5.41) is 6.08. The standard InChI is InChI=1S/C20H18ClF3N6O2S/c1-33(31,32)14-8-12(21)7-13(9-14)26-19-29-17(28-18(30-19)25-10-11-5-6-11)15-3-2-4-16(27-15)20(22,23)24/h2-4,7-9,11H,5-6,10H2,1H3,(H2,25,26,28,29,30). The van der Waals surface area contributed by atoms with E-state index >= 15 is 0 Å². The number of sulfone groups is 1. The Labute approximate surface area is 192 Å². The van der Waals surface area contributed by atoms with Gasteiger partial charge in [0.25, 0.3) is 0 Å². The van der Waals surface area contributed by atoms with Crippen molar-refractivity contribution < 1.29 is 21.6 Å². The lowest BCUT2D eigenvalue weighted by molar-refractivity contribution is -0.141. The van der Waals surface area contributed by atoms with Gasteiger partial charge < -0.3 is 10.6 Å². The molecule has 1 saturated carbocycles. The number of anilines is 3. The van der Waals surface area contributed by atoms with Crippen molar-refractivity contribution in [2.45, 2.75) is 23.9 Å². The summed E-state index contributed by atoms with van der Waals surface area (Å²) in [4.78, 5) is 16.3. The fourth-order valence-corrected chi connectivity index (χ4v) is 3.86. The van der Waals surface area contributed by atoms with Crippen LogP contribution in [0.15, 0.2) is 41.3 Å². The molecular weight excluding hydrogens is 481 g/mol. The Morgan fingerprint density at radius 1 is 1.06 bits per heavy atom. The van der Waals surface area contributed by atoms with Crippen LogP contribution < -0.4 is 10.6 Å². The first-order chi connectivity index (χ1) is 15.5. The first kappa shape index (κ1) is 23.2. The number of benzene rings is 1. The number of rotatable bonds is 7. The van der Waals surface area contributed by atoms with Crippen LogP contribution in [0.5, 0.6) is 0 Å². The highest BCUT2D eigenvalue weighted by Crippen LogP contribution is 2.31. The fourth-order valence-electron chi connectivity index (χ4n) is 2.88. The lowest BCUT2D eigenvalue weighted by atomic mass is 10.3. The molecule has 1 fully saturated rings. The first-order valence-electron chi connectivity index (χ1n) is 9.79. The predicted molar refractivity (Wildman–Crippen MR) is 117 cm³/mol. The molecule has 0 amide bonds. The van der Waals surface area contributed by atoms with E-state index in [0.717, 1.165) is 25.2 Å². The predicted octanol–water partition coefficient (Wildman–Crippen LogP) is 4.57. The highest BCUT2D eigenvalue weighted by atomic mass is 35.5. The third-order valence-electron chi connectivity index (χ3n) is 4.71. The molecular formula is C20H18ClF3N6O2S. The summed E-state index contributed by atoms with van der Waals surface area (Å²) in [7, 11) is -3.54. The third-order valence-corrected chi connectivity index (χ3v) is 6.02. The van der Waals surface area contributed by atoms with Gasteiger partial charge in [0.15, 0.2) is 15.7 Å². The summed E-state index contributed by atoms with van der Waals surface area (Å²) in [5.74, 6) is 0.541. The van der Waals surface area contributed by atoms with Gasteiger partial charge in [0, 0.05) is 23.5 Å². The Kier molecular flexibility index (Phi) is 6.14. The van der Waals surface area contributed by atoms with Crippen molar-refractivity contribution >= 4 is 39.0 Å². The molecule has 2 aromatic heterocycles. The molecule has 3 aromatic rings. The number of hydrogen-bond acceptors (Lipinski definition) is 8. The van der Waals surface area contributed by atoms with Crippen LogP contribution in [0.1, 0.15) is 18.5 Å². The van der Waals surface area contributed by atoms with Gasteiger partial charge in [-0.2, -0.15) is 28.1 Å². The van der Waals surface area contributed by atoms with E-state index in [-0.39, 0.29) is 39.0 Å². The van der Waals surface area contributed by atoms with E-state index in [1.165, 1.54) is 30.3 Å². The number of nitrogens with zero attached hydrogens (tertiary/aromatic N) is 4. The summed E-state index contributed by atoms with van der Waals surface area (Å²) in [5.41, 5.74) is -0.882. The molecule has 0 aliphatic heterocycles. The summed E-state index contributed by atoms with van der Waals surface area (Å²) in [6.07, 6.45) is -1.44. The molecule has 0 atom stereocenters. The fraction of sp³-hybridized carbons (Fsp3) is 0.300. The van der Waals surface area contributed by atoms with Gasteiger partial charge in [-0.3, -0.25) is 0 Å². The molecule has 0 saturated heterocycles. The van der Waals surface area contributed by atoms with Crippen LogP contribution in [0.25, 0.3) is 11.5 Å². The Balaban J connectivity index is 1.72. The highest BCUT2D eigenvalue weighted by molar-refractivity contribution is 7.90. The summed E-state index contributed by atoms with van der Waals surface area (Å²) in [6.45, 7) is 0.605. The van der Waals surface area contributed by atoms with E-state index in [1.807, 2.05) is 0 Å². The van der Waals surface area contributed by atoms with Crippen LogP contribution in [0.2, 0.25) is 5.02 Å². The quantitative estimate of drug-likeness (QED) is 0.487. The van der Waals surface area contributed by atoms with Crippen molar-refractivity contribution in [1.82, 2.24) is 19.9 Å². The van der Waals surface area contributed by atoms with Gasteiger partial charge in [0.05, 0.1) is 4.90 Å². The second-order valence-corrected chi connectivity index (χ2v) is 10.1. The van der Waals surface area contributed by atoms with Crippen molar-refractivity contribution in [3.8, 4) is 11.5 Å². The van der Waals surface area contributed by atoms with Gasteiger partial charge in [-0.05, 0) is 49.1 Å². The molecule has 13 heteroatoms. The van der Waals surface area contributed by atoms with Gasteiger partial charge >= 0.3 is 6.18 Å². The number of alkyl halides is 3. The minimum absolute atomic E-state index is 0.0146. The molecule has 1 aromatic carbocycles. The molecule has 0 spiro atoms. The molecule has 1 aliphatic carbocycles.